The van der Waals surface area contributed by atoms with Gasteiger partial charge in [0.05, 0.1) is 10.4 Å². The van der Waals surface area contributed by atoms with Crippen LogP contribution in [0.1, 0.15) is 25.5 Å². The average molecular weight is 234 g/mol. The van der Waals surface area contributed by atoms with Gasteiger partial charge in [-0.05, 0) is 39.4 Å². The van der Waals surface area contributed by atoms with Gasteiger partial charge in [0.25, 0.3) is 0 Å². The van der Waals surface area contributed by atoms with Crippen LogP contribution >= 0.6 is 22.9 Å². The highest BCUT2D eigenvalue weighted by molar-refractivity contribution is 7.14. The van der Waals surface area contributed by atoms with Crippen LogP contribution in [-0.4, -0.2) is 29.6 Å². The molecule has 1 aromatic rings. The van der Waals surface area contributed by atoms with Crippen LogP contribution in [0.5, 0.6) is 0 Å². The van der Waals surface area contributed by atoms with Crippen LogP contribution in [0.4, 0.5) is 0 Å². The van der Waals surface area contributed by atoms with Crippen LogP contribution in [0.2, 0.25) is 4.34 Å². The Bertz CT molecular complexity index is 309. The first-order valence-corrected chi connectivity index (χ1v) is 5.71. The molecular weight excluding hydrogens is 218 g/mol. The Balaban J connectivity index is 2.96. The maximum atomic E-state index is 10.2. The van der Waals surface area contributed by atoms with E-state index in [2.05, 4.69) is 0 Å². The van der Waals surface area contributed by atoms with Crippen molar-refractivity contribution in [2.24, 2.45) is 0 Å². The highest BCUT2D eigenvalue weighted by atomic mass is 35.5. The maximum absolute atomic E-state index is 10.2. The molecule has 0 amide bonds. The topological polar surface area (TPSA) is 23.5 Å². The number of nitrogens with zero attached hydrogens (tertiary/aromatic N) is 1. The Morgan fingerprint density at radius 3 is 2.43 bits per heavy atom. The SMILES string of the molecule is CN(C)C(C)(C)C(O)c1ccsc1Cl. The minimum atomic E-state index is -0.559. The second-order valence-corrected chi connectivity index (χ2v) is 5.62. The van der Waals surface area contributed by atoms with Crippen molar-refractivity contribution in [3.63, 3.8) is 0 Å². The van der Waals surface area contributed by atoms with Gasteiger partial charge in [-0.15, -0.1) is 11.3 Å². The van der Waals surface area contributed by atoms with Gasteiger partial charge in [0.1, 0.15) is 0 Å². The van der Waals surface area contributed by atoms with Gasteiger partial charge in [-0.1, -0.05) is 11.6 Å². The maximum Gasteiger partial charge on any atom is 0.0990 e. The van der Waals surface area contributed by atoms with Gasteiger partial charge >= 0.3 is 0 Å². The Hall–Kier alpha value is -0.0900. The lowest BCUT2D eigenvalue weighted by Crippen LogP contribution is -2.43. The predicted octanol–water partition coefficient (Wildman–Crippen LogP) is 2.78. The van der Waals surface area contributed by atoms with Crippen molar-refractivity contribution in [2.45, 2.75) is 25.5 Å². The third-order valence-electron chi connectivity index (χ3n) is 2.76. The summed E-state index contributed by atoms with van der Waals surface area (Å²) in [5.74, 6) is 0. The van der Waals surface area contributed by atoms with Gasteiger partial charge in [0, 0.05) is 11.1 Å². The van der Waals surface area contributed by atoms with Crippen LogP contribution in [-0.2, 0) is 0 Å². The number of thiophene rings is 1. The third-order valence-corrected chi connectivity index (χ3v) is 3.96. The molecular formula is C10H16ClNOS. The highest BCUT2D eigenvalue weighted by Gasteiger charge is 2.32. The monoisotopic (exact) mass is 233 g/mol. The summed E-state index contributed by atoms with van der Waals surface area (Å²) in [6.45, 7) is 3.98. The molecule has 0 saturated heterocycles. The summed E-state index contributed by atoms with van der Waals surface area (Å²) in [6, 6.07) is 1.88. The van der Waals surface area contributed by atoms with Gasteiger partial charge in [-0.2, -0.15) is 0 Å². The minimum Gasteiger partial charge on any atom is -0.386 e. The molecule has 1 rings (SSSR count). The number of hydrogen-bond acceptors (Lipinski definition) is 3. The Labute approximate surface area is 94.1 Å². The molecule has 0 bridgehead atoms. The predicted molar refractivity (Wildman–Crippen MR) is 62.1 cm³/mol. The summed E-state index contributed by atoms with van der Waals surface area (Å²) in [5, 5.41) is 12.1. The molecule has 0 radical (unpaired) electrons. The minimum absolute atomic E-state index is 0.315. The zero-order valence-electron chi connectivity index (χ0n) is 8.91. The van der Waals surface area contributed by atoms with Crippen LogP contribution in [0.25, 0.3) is 0 Å². The number of halogens is 1. The van der Waals surface area contributed by atoms with Crippen LogP contribution in [0.3, 0.4) is 0 Å². The highest BCUT2D eigenvalue weighted by Crippen LogP contribution is 2.36. The fourth-order valence-electron chi connectivity index (χ4n) is 1.12. The Morgan fingerprint density at radius 2 is 2.07 bits per heavy atom. The van der Waals surface area contributed by atoms with Gasteiger partial charge < -0.3 is 10.0 Å². The molecule has 0 fully saturated rings. The summed E-state index contributed by atoms with van der Waals surface area (Å²) in [4.78, 5) is 1.99. The fourth-order valence-corrected chi connectivity index (χ4v) is 2.09. The van der Waals surface area contributed by atoms with E-state index in [4.69, 9.17) is 11.6 Å². The van der Waals surface area contributed by atoms with E-state index in [1.807, 2.05) is 44.3 Å². The number of likely N-dealkylation sites (N-methyl/N-ethyl adjacent to an activating group) is 1. The largest absolute Gasteiger partial charge is 0.386 e. The Morgan fingerprint density at radius 1 is 1.50 bits per heavy atom. The lowest BCUT2D eigenvalue weighted by Gasteiger charge is -2.37. The van der Waals surface area contributed by atoms with Crippen molar-refractivity contribution in [3.05, 3.63) is 21.3 Å². The van der Waals surface area contributed by atoms with Gasteiger partial charge in [0.2, 0.25) is 0 Å². The van der Waals surface area contributed by atoms with Crippen LogP contribution in [0, 0.1) is 0 Å². The molecule has 2 nitrogen and oxygen atoms in total. The molecule has 0 aliphatic carbocycles. The van der Waals surface area contributed by atoms with E-state index in [-0.39, 0.29) is 5.54 Å². The summed E-state index contributed by atoms with van der Waals surface area (Å²) < 4.78 is 0.674. The fraction of sp³-hybridized carbons (Fsp3) is 0.600. The quantitative estimate of drug-likeness (QED) is 0.868. The van der Waals surface area contributed by atoms with Crippen molar-refractivity contribution in [1.29, 1.82) is 0 Å². The van der Waals surface area contributed by atoms with E-state index >= 15 is 0 Å². The zero-order valence-corrected chi connectivity index (χ0v) is 10.5. The zero-order chi connectivity index (χ0) is 10.9. The smallest absolute Gasteiger partial charge is 0.0990 e. The van der Waals surface area contributed by atoms with Gasteiger partial charge in [0.15, 0.2) is 0 Å². The van der Waals surface area contributed by atoms with E-state index < -0.39 is 6.10 Å². The molecule has 0 spiro atoms. The molecule has 1 atom stereocenters. The third kappa shape index (κ3) is 2.11. The van der Waals surface area contributed by atoms with Crippen molar-refractivity contribution in [1.82, 2.24) is 4.90 Å². The first kappa shape index (κ1) is 12.0. The van der Waals surface area contributed by atoms with E-state index in [9.17, 15) is 5.11 Å². The van der Waals surface area contributed by atoms with E-state index in [1.54, 1.807) is 0 Å². The molecule has 0 saturated carbocycles. The van der Waals surface area contributed by atoms with Crippen LogP contribution < -0.4 is 0 Å². The first-order valence-electron chi connectivity index (χ1n) is 4.45. The van der Waals surface area contributed by atoms with Crippen LogP contribution in [0.15, 0.2) is 11.4 Å². The Kier molecular flexibility index (Phi) is 3.58. The molecule has 14 heavy (non-hydrogen) atoms. The second-order valence-electron chi connectivity index (χ2n) is 4.10. The molecule has 0 aliphatic heterocycles. The lowest BCUT2D eigenvalue weighted by atomic mass is 9.92. The number of aliphatic hydroxyl groups excluding tert-OH is 1. The molecule has 80 valence electrons. The number of hydrogen-bond donors (Lipinski definition) is 1. The lowest BCUT2D eigenvalue weighted by molar-refractivity contribution is 0.0167. The summed E-state index contributed by atoms with van der Waals surface area (Å²) in [6.07, 6.45) is -0.559. The van der Waals surface area contributed by atoms with E-state index in [0.29, 0.717) is 4.34 Å². The number of aliphatic hydroxyl groups is 1. The van der Waals surface area contributed by atoms with Crippen molar-refractivity contribution in [3.8, 4) is 0 Å². The molecule has 0 aromatic carbocycles. The first-order chi connectivity index (χ1) is 6.37. The van der Waals surface area contributed by atoms with Crippen molar-refractivity contribution >= 4 is 22.9 Å². The van der Waals surface area contributed by atoms with Gasteiger partial charge in [-0.25, -0.2) is 0 Å². The summed E-state index contributed by atoms with van der Waals surface area (Å²) in [7, 11) is 3.90. The van der Waals surface area contributed by atoms with E-state index in [0.717, 1.165) is 5.56 Å². The van der Waals surface area contributed by atoms with Crippen molar-refractivity contribution in [2.75, 3.05) is 14.1 Å². The van der Waals surface area contributed by atoms with Crippen molar-refractivity contribution < 1.29 is 5.11 Å². The molecule has 1 unspecified atom stereocenters. The van der Waals surface area contributed by atoms with Gasteiger partial charge in [-0.3, -0.25) is 0 Å². The molecule has 1 heterocycles. The second kappa shape index (κ2) is 4.19. The number of rotatable bonds is 3. The average Bonchev–Trinajstić information content (AvgIpc) is 2.49. The normalized spacial score (nSPS) is 14.8. The molecule has 4 heteroatoms. The standard InChI is InChI=1S/C10H16ClNOS/c1-10(2,12(3)4)8(13)7-5-6-14-9(7)11/h5-6,8,13H,1-4H3. The molecule has 0 aliphatic rings. The van der Waals surface area contributed by atoms with E-state index in [1.165, 1.54) is 11.3 Å². The molecule has 1 N–H and O–H groups in total. The molecule has 1 aromatic heterocycles. The summed E-state index contributed by atoms with van der Waals surface area (Å²) >= 11 is 7.43. The summed E-state index contributed by atoms with van der Waals surface area (Å²) in [5.41, 5.74) is 0.500.